The maximum absolute atomic E-state index is 11.9. The van der Waals surface area contributed by atoms with E-state index in [4.69, 9.17) is 9.84 Å². The molecule has 0 aliphatic carbocycles. The van der Waals surface area contributed by atoms with Gasteiger partial charge in [-0.1, -0.05) is 0 Å². The van der Waals surface area contributed by atoms with Crippen LogP contribution in [0.2, 0.25) is 0 Å². The van der Waals surface area contributed by atoms with E-state index < -0.39 is 48.3 Å². The molecule has 1 aliphatic heterocycles. The van der Waals surface area contributed by atoms with Crippen LogP contribution in [-0.4, -0.2) is 74.8 Å². The van der Waals surface area contributed by atoms with Gasteiger partial charge >= 0.3 is 11.7 Å². The zero-order valence-electron chi connectivity index (χ0n) is 12.0. The van der Waals surface area contributed by atoms with Crippen molar-refractivity contribution in [2.75, 3.05) is 20.7 Å². The van der Waals surface area contributed by atoms with Gasteiger partial charge in [0.05, 0.1) is 12.2 Å². The Balaban J connectivity index is 2.48. The SMILES string of the molecule is CN(C)C(=O)n1cc([C@@H]2O[C@H](CO)[C@@H](O)[C@H]2O)c(=O)[nH]c1=O. The number of carbonyl (C=O) groups is 1. The maximum Gasteiger partial charge on any atom is 0.336 e. The van der Waals surface area contributed by atoms with E-state index in [1.54, 1.807) is 0 Å². The number of nitrogens with one attached hydrogen (secondary N) is 1. The highest BCUT2D eigenvalue weighted by atomic mass is 16.6. The fourth-order valence-corrected chi connectivity index (χ4v) is 2.20. The molecule has 1 aromatic rings. The largest absolute Gasteiger partial charge is 0.394 e. The van der Waals surface area contributed by atoms with Gasteiger partial charge < -0.3 is 25.0 Å². The Labute approximate surface area is 124 Å². The molecule has 1 amide bonds. The summed E-state index contributed by atoms with van der Waals surface area (Å²) < 4.78 is 5.89. The fourth-order valence-electron chi connectivity index (χ4n) is 2.20. The molecular weight excluding hydrogens is 298 g/mol. The molecule has 10 nitrogen and oxygen atoms in total. The molecule has 0 spiro atoms. The third kappa shape index (κ3) is 2.68. The van der Waals surface area contributed by atoms with Crippen molar-refractivity contribution in [2.24, 2.45) is 0 Å². The molecule has 1 aliphatic rings. The van der Waals surface area contributed by atoms with Crippen LogP contribution in [0.3, 0.4) is 0 Å². The van der Waals surface area contributed by atoms with E-state index in [1.807, 2.05) is 4.98 Å². The van der Waals surface area contributed by atoms with Crippen molar-refractivity contribution >= 4 is 6.03 Å². The minimum Gasteiger partial charge on any atom is -0.394 e. The number of aliphatic hydroxyl groups excluding tert-OH is 3. The standard InChI is InChI=1S/C12H17N3O7/c1-14(2)12(21)15-3-5(10(19)13-11(15)20)9-8(18)7(17)6(4-16)22-9/h3,6-9,16-18H,4H2,1-2H3,(H,13,19,20)/t6-,7-,8-,9+/m1/s1. The second-order valence-electron chi connectivity index (χ2n) is 5.15. The molecular formula is C12H17N3O7. The van der Waals surface area contributed by atoms with Crippen molar-refractivity contribution < 1.29 is 24.9 Å². The van der Waals surface area contributed by atoms with Crippen molar-refractivity contribution in [3.63, 3.8) is 0 Å². The van der Waals surface area contributed by atoms with E-state index in [0.29, 0.717) is 4.57 Å². The molecule has 4 N–H and O–H groups in total. The summed E-state index contributed by atoms with van der Waals surface area (Å²) in [7, 11) is 2.85. The lowest BCUT2D eigenvalue weighted by Gasteiger charge is -2.16. The molecule has 1 aromatic heterocycles. The number of H-pyrrole nitrogens is 1. The van der Waals surface area contributed by atoms with Crippen LogP contribution in [-0.2, 0) is 4.74 Å². The Kier molecular flexibility index (Phi) is 4.47. The van der Waals surface area contributed by atoms with Crippen molar-refractivity contribution in [3.8, 4) is 0 Å². The van der Waals surface area contributed by atoms with Crippen molar-refractivity contribution in [1.82, 2.24) is 14.5 Å². The quantitative estimate of drug-likeness (QED) is 0.462. The Hall–Kier alpha value is -2.01. The van der Waals surface area contributed by atoms with Gasteiger partial charge in [0.2, 0.25) is 0 Å². The number of nitrogens with zero attached hydrogens (tertiary/aromatic N) is 2. The van der Waals surface area contributed by atoms with Crippen molar-refractivity contribution in [1.29, 1.82) is 0 Å². The molecule has 0 unspecified atom stereocenters. The lowest BCUT2D eigenvalue weighted by Crippen LogP contribution is -2.41. The van der Waals surface area contributed by atoms with Gasteiger partial charge in [-0.3, -0.25) is 9.78 Å². The first-order chi connectivity index (χ1) is 10.3. The highest BCUT2D eigenvalue weighted by molar-refractivity contribution is 5.76. The van der Waals surface area contributed by atoms with Gasteiger partial charge in [0, 0.05) is 20.3 Å². The Morgan fingerprint density at radius 2 is 2.00 bits per heavy atom. The van der Waals surface area contributed by atoms with Crippen LogP contribution in [0.5, 0.6) is 0 Å². The summed E-state index contributed by atoms with van der Waals surface area (Å²) in [5.41, 5.74) is -1.97. The van der Waals surface area contributed by atoms with E-state index in [1.165, 1.54) is 14.1 Å². The summed E-state index contributed by atoms with van der Waals surface area (Å²) in [5, 5.41) is 28.7. The number of aromatic nitrogens is 2. The lowest BCUT2D eigenvalue weighted by atomic mass is 10.0. The molecule has 10 heteroatoms. The Bertz CT molecular complexity index is 680. The van der Waals surface area contributed by atoms with Gasteiger partial charge in [-0.25, -0.2) is 14.2 Å². The van der Waals surface area contributed by atoms with Gasteiger partial charge in [-0.15, -0.1) is 0 Å². The number of hydrogen-bond acceptors (Lipinski definition) is 7. The molecule has 0 radical (unpaired) electrons. The average Bonchev–Trinajstić information content (AvgIpc) is 2.74. The number of aliphatic hydroxyl groups is 3. The maximum atomic E-state index is 11.9. The molecule has 2 rings (SSSR count). The number of amides is 1. The van der Waals surface area contributed by atoms with E-state index in [-0.39, 0.29) is 5.56 Å². The molecule has 0 saturated carbocycles. The van der Waals surface area contributed by atoms with Gasteiger partial charge in [0.15, 0.2) is 0 Å². The second-order valence-corrected chi connectivity index (χ2v) is 5.15. The van der Waals surface area contributed by atoms with Gasteiger partial charge in [-0.05, 0) is 0 Å². The van der Waals surface area contributed by atoms with Crippen LogP contribution in [0.15, 0.2) is 15.8 Å². The summed E-state index contributed by atoms with van der Waals surface area (Å²) >= 11 is 0. The van der Waals surface area contributed by atoms with Crippen LogP contribution in [0.1, 0.15) is 11.7 Å². The minimum absolute atomic E-state index is 0.197. The zero-order valence-corrected chi connectivity index (χ0v) is 12.0. The topological polar surface area (TPSA) is 145 Å². The van der Waals surface area contributed by atoms with Crippen LogP contribution < -0.4 is 11.2 Å². The number of ether oxygens (including phenoxy) is 1. The molecule has 0 bridgehead atoms. The summed E-state index contributed by atoms with van der Waals surface area (Å²) in [6.07, 6.45) is -4.23. The van der Waals surface area contributed by atoms with Crippen LogP contribution in [0, 0.1) is 0 Å². The predicted molar refractivity (Wildman–Crippen MR) is 72.5 cm³/mol. The molecule has 1 fully saturated rings. The van der Waals surface area contributed by atoms with Crippen molar-refractivity contribution in [3.05, 3.63) is 32.6 Å². The summed E-state index contributed by atoms with van der Waals surface area (Å²) in [6, 6.07) is -0.700. The molecule has 122 valence electrons. The first-order valence-corrected chi connectivity index (χ1v) is 6.48. The van der Waals surface area contributed by atoms with Gasteiger partial charge in [0.1, 0.15) is 24.4 Å². The van der Waals surface area contributed by atoms with Crippen LogP contribution in [0.25, 0.3) is 0 Å². The lowest BCUT2D eigenvalue weighted by molar-refractivity contribution is -0.0233. The zero-order chi connectivity index (χ0) is 16.6. The van der Waals surface area contributed by atoms with Crippen LogP contribution in [0.4, 0.5) is 4.79 Å². The minimum atomic E-state index is -1.47. The molecule has 0 aromatic carbocycles. The van der Waals surface area contributed by atoms with E-state index in [0.717, 1.165) is 11.1 Å². The molecule has 22 heavy (non-hydrogen) atoms. The summed E-state index contributed by atoms with van der Waals surface area (Å²) in [4.78, 5) is 38.5. The number of carbonyl (C=O) groups excluding carboxylic acids is 1. The van der Waals surface area contributed by atoms with Gasteiger partial charge in [0.25, 0.3) is 5.56 Å². The number of rotatable bonds is 2. The second kappa shape index (κ2) is 6.01. The predicted octanol–water partition coefficient (Wildman–Crippen LogP) is -2.78. The first kappa shape index (κ1) is 16.4. The highest BCUT2D eigenvalue weighted by Gasteiger charge is 2.44. The van der Waals surface area contributed by atoms with Crippen molar-refractivity contribution in [2.45, 2.75) is 24.4 Å². The van der Waals surface area contributed by atoms with E-state index >= 15 is 0 Å². The Morgan fingerprint density at radius 3 is 2.50 bits per heavy atom. The highest BCUT2D eigenvalue weighted by Crippen LogP contribution is 2.31. The third-order valence-electron chi connectivity index (χ3n) is 3.41. The summed E-state index contributed by atoms with van der Waals surface area (Å²) in [6.45, 7) is -0.553. The third-order valence-corrected chi connectivity index (χ3v) is 3.41. The van der Waals surface area contributed by atoms with Gasteiger partial charge in [-0.2, -0.15) is 0 Å². The monoisotopic (exact) mass is 315 g/mol. The van der Waals surface area contributed by atoms with E-state index in [9.17, 15) is 24.6 Å². The Morgan fingerprint density at radius 1 is 1.36 bits per heavy atom. The van der Waals surface area contributed by atoms with E-state index in [2.05, 4.69) is 0 Å². The molecule has 4 atom stereocenters. The smallest absolute Gasteiger partial charge is 0.336 e. The first-order valence-electron chi connectivity index (χ1n) is 6.48. The number of aromatic amines is 1. The van der Waals surface area contributed by atoms with Crippen LogP contribution >= 0.6 is 0 Å². The molecule has 1 saturated heterocycles. The normalized spacial score (nSPS) is 27.9. The summed E-state index contributed by atoms with van der Waals surface area (Å²) in [5.74, 6) is 0. The number of hydrogen-bond donors (Lipinski definition) is 4. The molecule has 2 heterocycles. The average molecular weight is 315 g/mol. The fraction of sp³-hybridized carbons (Fsp3) is 0.583.